The van der Waals surface area contributed by atoms with Crippen molar-refractivity contribution in [1.29, 1.82) is 0 Å². The Bertz CT molecular complexity index is 670. The molecule has 0 heterocycles. The number of ether oxygens (including phenoxy) is 2. The molecule has 2 N–H and O–H groups in total. The molecule has 122 valence electrons. The van der Waals surface area contributed by atoms with Gasteiger partial charge in [0, 0.05) is 18.3 Å². The summed E-state index contributed by atoms with van der Waals surface area (Å²) in [6.07, 6.45) is 0.781. The molecule has 0 unspecified atom stereocenters. The normalized spacial score (nSPS) is 13.7. The van der Waals surface area contributed by atoms with Crippen LogP contribution >= 0.6 is 0 Å². The van der Waals surface area contributed by atoms with E-state index in [9.17, 15) is 10.2 Å². The second kappa shape index (κ2) is 7.65. The van der Waals surface area contributed by atoms with Gasteiger partial charge in [0.2, 0.25) is 0 Å². The highest BCUT2D eigenvalue weighted by molar-refractivity contribution is 5.88. The molecule has 2 atom stereocenters. The van der Waals surface area contributed by atoms with Gasteiger partial charge in [0.25, 0.3) is 0 Å². The monoisotopic (exact) mass is 315 g/mol. The van der Waals surface area contributed by atoms with E-state index < -0.39 is 6.10 Å². The molecule has 0 radical (unpaired) electrons. The van der Waals surface area contributed by atoms with Gasteiger partial charge in [-0.2, -0.15) is 0 Å². The van der Waals surface area contributed by atoms with Crippen molar-refractivity contribution in [3.05, 3.63) is 53.6 Å². The lowest BCUT2D eigenvalue weighted by Gasteiger charge is -2.16. The number of rotatable bonds is 6. The van der Waals surface area contributed by atoms with Gasteiger partial charge in [-0.25, -0.2) is 0 Å². The van der Waals surface area contributed by atoms with Gasteiger partial charge in [-0.1, -0.05) is 30.3 Å². The summed E-state index contributed by atoms with van der Waals surface area (Å²) in [7, 11) is 3.02. The lowest BCUT2D eigenvalue weighted by molar-refractivity contribution is 0.154. The van der Waals surface area contributed by atoms with Crippen LogP contribution in [-0.2, 0) is 0 Å². The van der Waals surface area contributed by atoms with E-state index in [1.165, 1.54) is 26.5 Å². The SMILES string of the molecule is COc1cc(O)c(C=N[C@@H](C)[C@H](O)c2ccccc2)c(OC)c1. The average Bonchev–Trinajstić information content (AvgIpc) is 2.59. The number of aromatic hydroxyl groups is 1. The van der Waals surface area contributed by atoms with Gasteiger partial charge >= 0.3 is 0 Å². The third kappa shape index (κ3) is 4.02. The van der Waals surface area contributed by atoms with Gasteiger partial charge in [-0.3, -0.25) is 4.99 Å². The van der Waals surface area contributed by atoms with Crippen molar-refractivity contribution in [2.75, 3.05) is 14.2 Å². The van der Waals surface area contributed by atoms with Gasteiger partial charge < -0.3 is 19.7 Å². The first-order valence-electron chi connectivity index (χ1n) is 7.28. The summed E-state index contributed by atoms with van der Waals surface area (Å²) in [6, 6.07) is 12.1. The van der Waals surface area contributed by atoms with E-state index in [0.717, 1.165) is 5.56 Å². The Morgan fingerprint density at radius 2 is 1.78 bits per heavy atom. The second-order valence-electron chi connectivity index (χ2n) is 5.14. The molecule has 0 spiro atoms. The van der Waals surface area contributed by atoms with Crippen molar-refractivity contribution in [3.8, 4) is 17.2 Å². The summed E-state index contributed by atoms with van der Waals surface area (Å²) in [5, 5.41) is 20.4. The molecule has 0 fully saturated rings. The van der Waals surface area contributed by atoms with E-state index in [4.69, 9.17) is 9.47 Å². The number of aliphatic hydroxyl groups is 1. The molecule has 5 nitrogen and oxygen atoms in total. The highest BCUT2D eigenvalue weighted by atomic mass is 16.5. The molecule has 2 rings (SSSR count). The smallest absolute Gasteiger partial charge is 0.135 e. The maximum absolute atomic E-state index is 10.3. The third-order valence-electron chi connectivity index (χ3n) is 3.59. The second-order valence-corrected chi connectivity index (χ2v) is 5.14. The Morgan fingerprint density at radius 3 is 2.39 bits per heavy atom. The Labute approximate surface area is 135 Å². The van der Waals surface area contributed by atoms with Crippen LogP contribution in [-0.4, -0.2) is 36.7 Å². The van der Waals surface area contributed by atoms with E-state index in [1.807, 2.05) is 30.3 Å². The molecule has 2 aromatic carbocycles. The highest BCUT2D eigenvalue weighted by Gasteiger charge is 2.16. The van der Waals surface area contributed by atoms with Crippen molar-refractivity contribution in [2.24, 2.45) is 4.99 Å². The minimum Gasteiger partial charge on any atom is -0.507 e. The summed E-state index contributed by atoms with van der Waals surface area (Å²) in [6.45, 7) is 1.81. The summed E-state index contributed by atoms with van der Waals surface area (Å²) >= 11 is 0. The summed E-state index contributed by atoms with van der Waals surface area (Å²) in [5.74, 6) is 0.951. The molecule has 0 aliphatic carbocycles. The van der Waals surface area contributed by atoms with Crippen LogP contribution < -0.4 is 9.47 Å². The summed E-state index contributed by atoms with van der Waals surface area (Å²) < 4.78 is 10.3. The Kier molecular flexibility index (Phi) is 5.60. The van der Waals surface area contributed by atoms with Crippen LogP contribution in [0.1, 0.15) is 24.2 Å². The van der Waals surface area contributed by atoms with Crippen molar-refractivity contribution in [1.82, 2.24) is 0 Å². The molecule has 2 aromatic rings. The predicted molar refractivity (Wildman–Crippen MR) is 89.7 cm³/mol. The van der Waals surface area contributed by atoms with Gasteiger partial charge in [0.05, 0.1) is 25.8 Å². The number of phenols is 1. The zero-order valence-electron chi connectivity index (χ0n) is 13.4. The minimum absolute atomic E-state index is 0.00588. The van der Waals surface area contributed by atoms with Crippen molar-refractivity contribution < 1.29 is 19.7 Å². The van der Waals surface area contributed by atoms with Crippen molar-refractivity contribution in [2.45, 2.75) is 19.1 Å². The van der Waals surface area contributed by atoms with E-state index in [2.05, 4.69) is 4.99 Å². The van der Waals surface area contributed by atoms with Crippen LogP contribution in [0.25, 0.3) is 0 Å². The number of aliphatic hydroxyl groups excluding tert-OH is 1. The molecule has 5 heteroatoms. The first kappa shape index (κ1) is 16.8. The lowest BCUT2D eigenvalue weighted by atomic mass is 10.0. The fraction of sp³-hybridized carbons (Fsp3) is 0.278. The molecule has 0 amide bonds. The zero-order chi connectivity index (χ0) is 16.8. The molecule has 0 saturated carbocycles. The Hall–Kier alpha value is -2.53. The number of aliphatic imine (C=N–C) groups is 1. The fourth-order valence-electron chi connectivity index (χ4n) is 2.21. The molecule has 0 aliphatic rings. The summed E-state index contributed by atoms with van der Waals surface area (Å²) in [4.78, 5) is 4.34. The molecular weight excluding hydrogens is 294 g/mol. The number of phenolic OH excluding ortho intramolecular Hbond substituents is 1. The van der Waals surface area contributed by atoms with Crippen LogP contribution in [0.15, 0.2) is 47.5 Å². The van der Waals surface area contributed by atoms with Gasteiger partial charge in [-0.15, -0.1) is 0 Å². The largest absolute Gasteiger partial charge is 0.507 e. The molecule has 23 heavy (non-hydrogen) atoms. The molecule has 0 saturated heterocycles. The maximum atomic E-state index is 10.3. The van der Waals surface area contributed by atoms with Crippen LogP contribution in [0.5, 0.6) is 17.2 Å². The van der Waals surface area contributed by atoms with Gasteiger partial charge in [0.15, 0.2) is 0 Å². The molecule has 0 bridgehead atoms. The number of nitrogens with zero attached hydrogens (tertiary/aromatic N) is 1. The molecule has 0 aliphatic heterocycles. The third-order valence-corrected chi connectivity index (χ3v) is 3.59. The standard InChI is InChI=1S/C18H21NO4/c1-12(18(21)13-7-5-4-6-8-13)19-11-15-16(20)9-14(22-2)10-17(15)23-3/h4-12,18,20-21H,1-3H3/t12-,18-/m0/s1. The van der Waals surface area contributed by atoms with Crippen molar-refractivity contribution >= 4 is 6.21 Å². The lowest BCUT2D eigenvalue weighted by Crippen LogP contribution is -2.12. The van der Waals surface area contributed by atoms with Crippen LogP contribution in [0.2, 0.25) is 0 Å². The highest BCUT2D eigenvalue weighted by Crippen LogP contribution is 2.32. The fourth-order valence-corrected chi connectivity index (χ4v) is 2.21. The zero-order valence-corrected chi connectivity index (χ0v) is 13.4. The number of hydrogen-bond donors (Lipinski definition) is 2. The van der Waals surface area contributed by atoms with Crippen LogP contribution in [0.3, 0.4) is 0 Å². The minimum atomic E-state index is -0.723. The molecule has 0 aromatic heterocycles. The summed E-state index contributed by atoms with van der Waals surface area (Å²) in [5.41, 5.74) is 1.24. The maximum Gasteiger partial charge on any atom is 0.135 e. The Morgan fingerprint density at radius 1 is 1.09 bits per heavy atom. The molecular formula is C18H21NO4. The van der Waals surface area contributed by atoms with E-state index in [-0.39, 0.29) is 11.8 Å². The number of methoxy groups -OCH3 is 2. The van der Waals surface area contributed by atoms with E-state index in [1.54, 1.807) is 13.0 Å². The number of hydrogen-bond acceptors (Lipinski definition) is 5. The Balaban J connectivity index is 2.22. The van der Waals surface area contributed by atoms with Crippen LogP contribution in [0.4, 0.5) is 0 Å². The van der Waals surface area contributed by atoms with E-state index in [0.29, 0.717) is 17.1 Å². The van der Waals surface area contributed by atoms with Gasteiger partial charge in [0.1, 0.15) is 23.4 Å². The first-order valence-corrected chi connectivity index (χ1v) is 7.28. The predicted octanol–water partition coefficient (Wildman–Crippen LogP) is 2.95. The average molecular weight is 315 g/mol. The van der Waals surface area contributed by atoms with Crippen molar-refractivity contribution in [3.63, 3.8) is 0 Å². The number of benzene rings is 2. The van der Waals surface area contributed by atoms with E-state index >= 15 is 0 Å². The first-order chi connectivity index (χ1) is 11.1. The topological polar surface area (TPSA) is 71.3 Å². The van der Waals surface area contributed by atoms with Gasteiger partial charge in [-0.05, 0) is 12.5 Å². The quantitative estimate of drug-likeness (QED) is 0.804. The van der Waals surface area contributed by atoms with Crippen LogP contribution in [0, 0.1) is 0 Å².